The van der Waals surface area contributed by atoms with Gasteiger partial charge >= 0.3 is 0 Å². The van der Waals surface area contributed by atoms with E-state index >= 15 is 0 Å². The van der Waals surface area contributed by atoms with Crippen LogP contribution in [0, 0.1) is 5.41 Å². The first-order chi connectivity index (χ1) is 10.2. The molecule has 0 bridgehead atoms. The second kappa shape index (κ2) is 4.59. The van der Waals surface area contributed by atoms with Crippen molar-refractivity contribution in [1.29, 1.82) is 0 Å². The van der Waals surface area contributed by atoms with Crippen LogP contribution in [0.15, 0.2) is 47.2 Å². The maximum Gasteiger partial charge on any atom is 0.165 e. The summed E-state index contributed by atoms with van der Waals surface area (Å²) in [6, 6.07) is 8.55. The van der Waals surface area contributed by atoms with Gasteiger partial charge in [-0.3, -0.25) is 4.79 Å². The van der Waals surface area contributed by atoms with Crippen LogP contribution in [0.2, 0.25) is 0 Å². The van der Waals surface area contributed by atoms with Crippen LogP contribution in [0.4, 0.5) is 0 Å². The van der Waals surface area contributed by atoms with Crippen LogP contribution in [-0.2, 0) is 22.4 Å². The summed E-state index contributed by atoms with van der Waals surface area (Å²) in [6.07, 6.45) is 7.68. The number of Topliss-reactive ketones (excluding diaryl/α,β-unsaturated/α-hetero) is 1. The third-order valence-electron chi connectivity index (χ3n) is 5.41. The quantitative estimate of drug-likeness (QED) is 0.783. The average Bonchev–Trinajstić information content (AvgIpc) is 2.90. The smallest absolute Gasteiger partial charge is 0.165 e. The molecule has 1 aromatic rings. The Morgan fingerprint density at radius 3 is 2.43 bits per heavy atom. The Hall–Kier alpha value is -1.83. The highest BCUT2D eigenvalue weighted by Crippen LogP contribution is 2.48. The van der Waals surface area contributed by atoms with Crippen LogP contribution < -0.4 is 0 Å². The number of ether oxygens (including phenoxy) is 1. The van der Waals surface area contributed by atoms with E-state index in [1.165, 1.54) is 16.7 Å². The SMILES string of the molecule is COC1=CC2=C(CC1)C(=O)C1(CC2)Cc2ccccc2C1. The maximum absolute atomic E-state index is 13.1. The van der Waals surface area contributed by atoms with Crippen molar-refractivity contribution in [2.75, 3.05) is 7.11 Å². The standard InChI is InChI=1S/C19H20O2/c1-21-16-6-7-17-13(10-16)8-9-19(18(17)20)11-14-4-2-3-5-15(14)12-19/h2-5,10H,6-9,11-12H2,1H3. The van der Waals surface area contributed by atoms with E-state index in [1.807, 2.05) is 0 Å². The Labute approximate surface area is 125 Å². The van der Waals surface area contributed by atoms with Gasteiger partial charge in [-0.25, -0.2) is 0 Å². The van der Waals surface area contributed by atoms with Gasteiger partial charge in [-0.2, -0.15) is 0 Å². The molecular formula is C19H20O2. The molecule has 0 aromatic heterocycles. The summed E-state index contributed by atoms with van der Waals surface area (Å²) < 4.78 is 5.36. The number of ketones is 1. The Morgan fingerprint density at radius 2 is 1.76 bits per heavy atom. The summed E-state index contributed by atoms with van der Waals surface area (Å²) in [6.45, 7) is 0. The van der Waals surface area contributed by atoms with Crippen molar-refractivity contribution in [3.8, 4) is 0 Å². The maximum atomic E-state index is 13.1. The van der Waals surface area contributed by atoms with Gasteiger partial charge in [0.25, 0.3) is 0 Å². The van der Waals surface area contributed by atoms with Crippen molar-refractivity contribution in [3.05, 3.63) is 58.4 Å². The molecule has 2 heteroatoms. The lowest BCUT2D eigenvalue weighted by Gasteiger charge is -2.35. The monoisotopic (exact) mass is 280 g/mol. The fraction of sp³-hybridized carbons (Fsp3) is 0.421. The molecule has 0 saturated heterocycles. The molecule has 0 unspecified atom stereocenters. The minimum Gasteiger partial charge on any atom is -0.501 e. The van der Waals surface area contributed by atoms with Gasteiger partial charge in [-0.1, -0.05) is 24.3 Å². The lowest BCUT2D eigenvalue weighted by molar-refractivity contribution is -0.125. The molecule has 4 rings (SSSR count). The Bertz CT molecular complexity index is 654. The first kappa shape index (κ1) is 12.9. The van der Waals surface area contributed by atoms with Gasteiger partial charge in [0, 0.05) is 11.8 Å². The number of carbonyl (C=O) groups is 1. The zero-order valence-electron chi connectivity index (χ0n) is 12.4. The molecule has 3 aliphatic carbocycles. The highest BCUT2D eigenvalue weighted by Gasteiger charge is 2.47. The summed E-state index contributed by atoms with van der Waals surface area (Å²) in [5, 5.41) is 0. The minimum absolute atomic E-state index is 0.152. The molecule has 0 aliphatic heterocycles. The van der Waals surface area contributed by atoms with E-state index in [2.05, 4.69) is 30.3 Å². The molecule has 3 aliphatic rings. The summed E-state index contributed by atoms with van der Waals surface area (Å²) in [5.74, 6) is 1.43. The first-order valence-corrected chi connectivity index (χ1v) is 7.80. The van der Waals surface area contributed by atoms with Crippen molar-refractivity contribution >= 4 is 5.78 Å². The summed E-state index contributed by atoms with van der Waals surface area (Å²) in [7, 11) is 1.72. The van der Waals surface area contributed by atoms with Crippen molar-refractivity contribution in [3.63, 3.8) is 0 Å². The van der Waals surface area contributed by atoms with Crippen molar-refractivity contribution in [2.45, 2.75) is 38.5 Å². The van der Waals surface area contributed by atoms with Crippen LogP contribution in [0.5, 0.6) is 0 Å². The third-order valence-corrected chi connectivity index (χ3v) is 5.41. The molecule has 0 atom stereocenters. The number of methoxy groups -OCH3 is 1. The molecule has 0 heterocycles. The topological polar surface area (TPSA) is 26.3 Å². The summed E-state index contributed by atoms with van der Waals surface area (Å²) in [4.78, 5) is 13.1. The van der Waals surface area contributed by atoms with Crippen LogP contribution in [-0.4, -0.2) is 12.9 Å². The molecular weight excluding hydrogens is 260 g/mol. The van der Waals surface area contributed by atoms with E-state index in [0.717, 1.165) is 49.9 Å². The van der Waals surface area contributed by atoms with E-state index in [9.17, 15) is 4.79 Å². The number of rotatable bonds is 1. The van der Waals surface area contributed by atoms with E-state index < -0.39 is 0 Å². The molecule has 0 N–H and O–H groups in total. The van der Waals surface area contributed by atoms with E-state index in [-0.39, 0.29) is 5.41 Å². The summed E-state index contributed by atoms with van der Waals surface area (Å²) in [5.41, 5.74) is 4.90. The lowest BCUT2D eigenvalue weighted by Crippen LogP contribution is -2.37. The van der Waals surface area contributed by atoms with E-state index in [4.69, 9.17) is 4.74 Å². The highest BCUT2D eigenvalue weighted by atomic mass is 16.5. The number of benzene rings is 1. The Kier molecular flexibility index (Phi) is 2.81. The minimum atomic E-state index is -0.152. The Balaban J connectivity index is 1.69. The molecule has 1 aromatic carbocycles. The van der Waals surface area contributed by atoms with Crippen molar-refractivity contribution in [1.82, 2.24) is 0 Å². The molecule has 21 heavy (non-hydrogen) atoms. The second-order valence-corrected chi connectivity index (χ2v) is 6.55. The third kappa shape index (κ3) is 1.89. The summed E-state index contributed by atoms with van der Waals surface area (Å²) >= 11 is 0. The largest absolute Gasteiger partial charge is 0.501 e. The number of carbonyl (C=O) groups excluding carboxylic acids is 1. The molecule has 0 saturated carbocycles. The number of hydrogen-bond acceptors (Lipinski definition) is 2. The zero-order chi connectivity index (χ0) is 14.4. The van der Waals surface area contributed by atoms with E-state index in [1.54, 1.807) is 7.11 Å². The van der Waals surface area contributed by atoms with Gasteiger partial charge in [-0.15, -0.1) is 0 Å². The van der Waals surface area contributed by atoms with Gasteiger partial charge < -0.3 is 4.74 Å². The average molecular weight is 280 g/mol. The number of hydrogen-bond donors (Lipinski definition) is 0. The number of allylic oxidation sites excluding steroid dienone is 4. The van der Waals surface area contributed by atoms with Gasteiger partial charge in [0.05, 0.1) is 12.9 Å². The molecule has 108 valence electrons. The van der Waals surface area contributed by atoms with Crippen LogP contribution in [0.3, 0.4) is 0 Å². The predicted octanol–water partition coefficient (Wildman–Crippen LogP) is 3.76. The van der Waals surface area contributed by atoms with Gasteiger partial charge in [-0.05, 0) is 60.5 Å². The van der Waals surface area contributed by atoms with Crippen molar-refractivity contribution < 1.29 is 9.53 Å². The fourth-order valence-electron chi connectivity index (χ4n) is 4.24. The normalized spacial score (nSPS) is 22.9. The zero-order valence-corrected chi connectivity index (χ0v) is 12.4. The molecule has 0 fully saturated rings. The molecule has 2 nitrogen and oxygen atoms in total. The Morgan fingerprint density at radius 1 is 1.05 bits per heavy atom. The molecule has 0 radical (unpaired) electrons. The molecule has 1 spiro atoms. The van der Waals surface area contributed by atoms with Crippen LogP contribution in [0.25, 0.3) is 0 Å². The van der Waals surface area contributed by atoms with Crippen LogP contribution in [0.1, 0.15) is 36.8 Å². The van der Waals surface area contributed by atoms with Crippen LogP contribution >= 0.6 is 0 Å². The van der Waals surface area contributed by atoms with Gasteiger partial charge in [0.15, 0.2) is 5.78 Å². The number of fused-ring (bicyclic) bond motifs is 1. The van der Waals surface area contributed by atoms with Crippen molar-refractivity contribution in [2.24, 2.45) is 5.41 Å². The van der Waals surface area contributed by atoms with E-state index in [0.29, 0.717) is 5.78 Å². The molecule has 0 amide bonds. The van der Waals surface area contributed by atoms with Gasteiger partial charge in [0.2, 0.25) is 0 Å². The lowest BCUT2D eigenvalue weighted by atomic mass is 9.67. The van der Waals surface area contributed by atoms with Gasteiger partial charge in [0.1, 0.15) is 0 Å². The first-order valence-electron chi connectivity index (χ1n) is 7.80. The highest BCUT2D eigenvalue weighted by molar-refractivity contribution is 6.03. The predicted molar refractivity (Wildman–Crippen MR) is 81.9 cm³/mol. The fourth-order valence-corrected chi connectivity index (χ4v) is 4.24. The second-order valence-electron chi connectivity index (χ2n) is 6.55.